The first-order chi connectivity index (χ1) is 7.41. The van der Waals surface area contributed by atoms with Gasteiger partial charge in [0.2, 0.25) is 0 Å². The minimum atomic E-state index is 1.23. The van der Waals surface area contributed by atoms with Gasteiger partial charge < -0.3 is 0 Å². The van der Waals surface area contributed by atoms with Crippen LogP contribution in [0.5, 0.6) is 0 Å². The summed E-state index contributed by atoms with van der Waals surface area (Å²) in [7, 11) is 0. The Bertz CT molecular complexity index is 153. The molecule has 0 nitrogen and oxygen atoms in total. The van der Waals surface area contributed by atoms with E-state index in [-0.39, 0.29) is 0 Å². The summed E-state index contributed by atoms with van der Waals surface area (Å²) in [5.74, 6) is 0. The minimum Gasteiger partial charge on any atom is -0.0845 e. The molecule has 0 aliphatic rings. The lowest BCUT2D eigenvalue weighted by Gasteiger charge is -1.95. The average molecular weight is 208 g/mol. The lowest BCUT2D eigenvalue weighted by molar-refractivity contribution is 0.637. The maximum absolute atomic E-state index is 2.30. The Balaban J connectivity index is 3.13. The van der Waals surface area contributed by atoms with Gasteiger partial charge >= 0.3 is 0 Å². The summed E-state index contributed by atoms with van der Waals surface area (Å²) in [4.78, 5) is 0. The van der Waals surface area contributed by atoms with Gasteiger partial charge in [0, 0.05) is 0 Å². The number of rotatable bonds is 10. The van der Waals surface area contributed by atoms with E-state index in [0.717, 1.165) is 0 Å². The molecule has 0 aromatic heterocycles. The molecule has 0 aliphatic carbocycles. The summed E-state index contributed by atoms with van der Waals surface area (Å²) < 4.78 is 0. The first-order valence-electron chi connectivity index (χ1n) is 6.73. The topological polar surface area (TPSA) is 0 Å². The molecule has 0 spiro atoms. The van der Waals surface area contributed by atoms with Gasteiger partial charge in [-0.2, -0.15) is 0 Å². The highest BCUT2D eigenvalue weighted by atomic mass is 13.9. The molecule has 0 aromatic rings. The summed E-state index contributed by atoms with van der Waals surface area (Å²) in [5.41, 5.74) is 0. The highest BCUT2D eigenvalue weighted by molar-refractivity contribution is 5.02. The van der Waals surface area contributed by atoms with Crippen LogP contribution in [-0.2, 0) is 0 Å². The number of unbranched alkanes of at least 4 members (excludes halogenated alkanes) is 7. The van der Waals surface area contributed by atoms with Crippen molar-refractivity contribution in [3.63, 3.8) is 0 Å². The van der Waals surface area contributed by atoms with Crippen molar-refractivity contribution < 1.29 is 0 Å². The van der Waals surface area contributed by atoms with Crippen LogP contribution in [0.1, 0.15) is 71.6 Å². The first-order valence-corrected chi connectivity index (χ1v) is 6.73. The fraction of sp³-hybridized carbons (Fsp3) is 0.733. The molecule has 0 heteroatoms. The summed E-state index contributed by atoms with van der Waals surface area (Å²) in [5, 5.41) is 0. The van der Waals surface area contributed by atoms with E-state index < -0.39 is 0 Å². The zero-order chi connectivity index (χ0) is 11.2. The second-order valence-electron chi connectivity index (χ2n) is 4.20. The quantitative estimate of drug-likeness (QED) is 0.321. The summed E-state index contributed by atoms with van der Waals surface area (Å²) in [6, 6.07) is 0. The third-order valence-electron chi connectivity index (χ3n) is 2.58. The van der Waals surface area contributed by atoms with E-state index in [0.29, 0.717) is 0 Å². The molecule has 0 bridgehead atoms. The van der Waals surface area contributed by atoms with Crippen LogP contribution >= 0.6 is 0 Å². The average Bonchev–Trinajstić information content (AvgIpc) is 2.26. The van der Waals surface area contributed by atoms with Crippen LogP contribution in [0.25, 0.3) is 0 Å². The molecule has 15 heavy (non-hydrogen) atoms. The Labute approximate surface area is 96.5 Å². The van der Waals surface area contributed by atoms with Crippen LogP contribution in [0.3, 0.4) is 0 Å². The molecule has 88 valence electrons. The zero-order valence-electron chi connectivity index (χ0n) is 10.7. The highest BCUT2D eigenvalue weighted by Gasteiger charge is 1.85. The predicted molar refractivity (Wildman–Crippen MR) is 71.2 cm³/mol. The molecule has 0 saturated carbocycles. The normalized spacial score (nSPS) is 11.9. The lowest BCUT2D eigenvalue weighted by Crippen LogP contribution is -1.75. The largest absolute Gasteiger partial charge is 0.0845 e. The maximum atomic E-state index is 2.30. The van der Waals surface area contributed by atoms with Gasteiger partial charge in [-0.05, 0) is 19.3 Å². The van der Waals surface area contributed by atoms with E-state index in [2.05, 4.69) is 38.2 Å². The van der Waals surface area contributed by atoms with Gasteiger partial charge in [0.1, 0.15) is 0 Å². The van der Waals surface area contributed by atoms with Crippen molar-refractivity contribution in [1.82, 2.24) is 0 Å². The summed E-state index contributed by atoms with van der Waals surface area (Å²) in [6.45, 7) is 4.50. The maximum Gasteiger partial charge on any atom is -0.0348 e. The van der Waals surface area contributed by atoms with Crippen molar-refractivity contribution in [2.24, 2.45) is 0 Å². The van der Waals surface area contributed by atoms with Crippen LogP contribution in [0.4, 0.5) is 0 Å². The SMILES string of the molecule is CCCC/C=C\C=C/CCCCCCC. The van der Waals surface area contributed by atoms with Crippen molar-refractivity contribution in [2.75, 3.05) is 0 Å². The third-order valence-corrected chi connectivity index (χ3v) is 2.58. The van der Waals surface area contributed by atoms with E-state index in [4.69, 9.17) is 0 Å². The molecule has 0 saturated heterocycles. The lowest BCUT2D eigenvalue weighted by atomic mass is 10.1. The molecule has 0 aliphatic heterocycles. The molecule has 0 radical (unpaired) electrons. The molecule has 0 N–H and O–H groups in total. The fourth-order valence-corrected chi connectivity index (χ4v) is 1.54. The Kier molecular flexibility index (Phi) is 13.0. The van der Waals surface area contributed by atoms with Crippen molar-refractivity contribution >= 4 is 0 Å². The minimum absolute atomic E-state index is 1.23. The number of hydrogen-bond acceptors (Lipinski definition) is 0. The van der Waals surface area contributed by atoms with Gasteiger partial charge in [0.15, 0.2) is 0 Å². The monoisotopic (exact) mass is 208 g/mol. The number of hydrogen-bond donors (Lipinski definition) is 0. The molecule has 0 fully saturated rings. The molecule has 0 amide bonds. The smallest absolute Gasteiger partial charge is 0.0348 e. The van der Waals surface area contributed by atoms with Crippen molar-refractivity contribution in [3.05, 3.63) is 24.3 Å². The number of allylic oxidation sites excluding steroid dienone is 4. The molecule has 0 heterocycles. The third kappa shape index (κ3) is 13.5. The van der Waals surface area contributed by atoms with Gasteiger partial charge in [-0.1, -0.05) is 76.7 Å². The van der Waals surface area contributed by atoms with Crippen LogP contribution in [0.15, 0.2) is 24.3 Å². The first kappa shape index (κ1) is 14.5. The molecule has 0 atom stereocenters. The predicted octanol–water partition coefficient (Wildman–Crippen LogP) is 5.65. The fourth-order valence-electron chi connectivity index (χ4n) is 1.54. The van der Waals surface area contributed by atoms with Crippen molar-refractivity contribution in [1.29, 1.82) is 0 Å². The second-order valence-corrected chi connectivity index (χ2v) is 4.20. The molecule has 0 aromatic carbocycles. The Morgan fingerprint density at radius 1 is 0.600 bits per heavy atom. The summed E-state index contributed by atoms with van der Waals surface area (Å²) in [6.07, 6.45) is 21.0. The van der Waals surface area contributed by atoms with E-state index >= 15 is 0 Å². The summed E-state index contributed by atoms with van der Waals surface area (Å²) >= 11 is 0. The van der Waals surface area contributed by atoms with Crippen molar-refractivity contribution in [2.45, 2.75) is 71.6 Å². The van der Waals surface area contributed by atoms with E-state index in [1.807, 2.05) is 0 Å². The van der Waals surface area contributed by atoms with Crippen LogP contribution in [0, 0.1) is 0 Å². The van der Waals surface area contributed by atoms with Gasteiger partial charge in [-0.25, -0.2) is 0 Å². The molecule has 0 unspecified atom stereocenters. The highest BCUT2D eigenvalue weighted by Crippen LogP contribution is 2.05. The molecule has 0 rings (SSSR count). The van der Waals surface area contributed by atoms with Gasteiger partial charge in [-0.3, -0.25) is 0 Å². The van der Waals surface area contributed by atoms with E-state index in [9.17, 15) is 0 Å². The van der Waals surface area contributed by atoms with Crippen molar-refractivity contribution in [3.8, 4) is 0 Å². The Morgan fingerprint density at radius 3 is 1.73 bits per heavy atom. The second kappa shape index (κ2) is 13.5. The van der Waals surface area contributed by atoms with Crippen LogP contribution in [-0.4, -0.2) is 0 Å². The zero-order valence-corrected chi connectivity index (χ0v) is 10.7. The van der Waals surface area contributed by atoms with Crippen LogP contribution < -0.4 is 0 Å². The van der Waals surface area contributed by atoms with Crippen LogP contribution in [0.2, 0.25) is 0 Å². The Morgan fingerprint density at radius 2 is 1.13 bits per heavy atom. The van der Waals surface area contributed by atoms with E-state index in [1.54, 1.807) is 0 Å². The van der Waals surface area contributed by atoms with Gasteiger partial charge in [0.25, 0.3) is 0 Å². The Hall–Kier alpha value is -0.520. The van der Waals surface area contributed by atoms with E-state index in [1.165, 1.54) is 57.8 Å². The van der Waals surface area contributed by atoms with Gasteiger partial charge in [-0.15, -0.1) is 0 Å². The standard InChI is InChI=1S/C15H28/c1-3-5-7-9-11-13-15-14-12-10-8-6-4-2/h9,11,13,15H,3-8,10,12,14H2,1-2H3/b11-9-,15-13-. The molecular weight excluding hydrogens is 180 g/mol. The molecular formula is C15H28. The van der Waals surface area contributed by atoms with Gasteiger partial charge in [0.05, 0.1) is 0 Å².